The molecule has 6 heteroatoms. The quantitative estimate of drug-likeness (QED) is 0.638. The molecule has 1 amide bonds. The number of carbonyl (C=O) groups excluding carboxylic acids is 1. The minimum absolute atomic E-state index is 0.135. The predicted molar refractivity (Wildman–Crippen MR) is 63.5 cm³/mol. The lowest BCUT2D eigenvalue weighted by Gasteiger charge is -2.15. The van der Waals surface area contributed by atoms with Crippen LogP contribution in [0, 0.1) is 0 Å². The van der Waals surface area contributed by atoms with E-state index in [4.69, 9.17) is 15.6 Å². The highest BCUT2D eigenvalue weighted by Gasteiger charge is 2.13. The van der Waals surface area contributed by atoms with Crippen LogP contribution in [0.5, 0.6) is 0 Å². The Kier molecular flexibility index (Phi) is 5.38. The van der Waals surface area contributed by atoms with Gasteiger partial charge in [0.15, 0.2) is 0 Å². The number of nitrogens with one attached hydrogen (secondary N) is 1. The summed E-state index contributed by atoms with van der Waals surface area (Å²) in [5.74, 6) is -0.333. The van der Waals surface area contributed by atoms with E-state index in [1.54, 1.807) is 13.2 Å². The number of nitrogens with zero attached hydrogens (tertiary/aromatic N) is 1. The second-order valence-corrected chi connectivity index (χ2v) is 3.61. The Bertz CT molecular complexity index is 353. The van der Waals surface area contributed by atoms with Gasteiger partial charge in [-0.2, -0.15) is 0 Å². The number of nitrogen functional groups attached to an aromatic ring is 1. The zero-order valence-electron chi connectivity index (χ0n) is 9.72. The number of methoxy groups -OCH3 is 1. The maximum Gasteiger partial charge on any atom is 0.270 e. The van der Waals surface area contributed by atoms with Crippen LogP contribution < -0.4 is 11.1 Å². The summed E-state index contributed by atoms with van der Waals surface area (Å²) in [5, 5.41) is 11.7. The third-order valence-electron chi connectivity index (χ3n) is 2.25. The molecule has 0 radical (unpaired) electrons. The molecule has 1 atom stereocenters. The average molecular weight is 239 g/mol. The molecule has 1 heterocycles. The molecule has 94 valence electrons. The van der Waals surface area contributed by atoms with Gasteiger partial charge in [-0.05, 0) is 18.6 Å². The van der Waals surface area contributed by atoms with Crippen molar-refractivity contribution < 1.29 is 14.6 Å². The van der Waals surface area contributed by atoms with E-state index in [9.17, 15) is 4.79 Å². The molecule has 0 saturated heterocycles. The first-order valence-corrected chi connectivity index (χ1v) is 5.29. The van der Waals surface area contributed by atoms with Crippen LogP contribution in [0.25, 0.3) is 0 Å². The van der Waals surface area contributed by atoms with E-state index >= 15 is 0 Å². The molecule has 1 rings (SSSR count). The van der Waals surface area contributed by atoms with Crippen molar-refractivity contribution in [3.63, 3.8) is 0 Å². The van der Waals surface area contributed by atoms with E-state index in [-0.39, 0.29) is 24.2 Å². The molecule has 0 saturated carbocycles. The zero-order chi connectivity index (χ0) is 12.7. The largest absolute Gasteiger partial charge is 0.397 e. The van der Waals surface area contributed by atoms with Crippen LogP contribution in [0.3, 0.4) is 0 Å². The number of anilines is 1. The van der Waals surface area contributed by atoms with Gasteiger partial charge in [-0.1, -0.05) is 0 Å². The van der Waals surface area contributed by atoms with Crippen molar-refractivity contribution in [3.8, 4) is 0 Å². The maximum atomic E-state index is 11.7. The van der Waals surface area contributed by atoms with E-state index in [2.05, 4.69) is 10.3 Å². The SMILES string of the molecule is COCCC(CO)NC(=O)c1ccc(N)cn1. The summed E-state index contributed by atoms with van der Waals surface area (Å²) in [4.78, 5) is 15.6. The van der Waals surface area contributed by atoms with E-state index < -0.39 is 0 Å². The summed E-state index contributed by atoms with van der Waals surface area (Å²) in [7, 11) is 1.57. The number of pyridine rings is 1. The van der Waals surface area contributed by atoms with Gasteiger partial charge in [-0.3, -0.25) is 4.79 Å². The van der Waals surface area contributed by atoms with Crippen molar-refractivity contribution in [2.75, 3.05) is 26.1 Å². The summed E-state index contributed by atoms with van der Waals surface area (Å²) in [5.41, 5.74) is 6.24. The first-order valence-electron chi connectivity index (χ1n) is 5.29. The van der Waals surface area contributed by atoms with Crippen molar-refractivity contribution in [1.29, 1.82) is 0 Å². The predicted octanol–water partition coefficient (Wildman–Crippen LogP) is -0.209. The molecular weight excluding hydrogens is 222 g/mol. The van der Waals surface area contributed by atoms with Gasteiger partial charge < -0.3 is 20.9 Å². The highest BCUT2D eigenvalue weighted by atomic mass is 16.5. The van der Waals surface area contributed by atoms with E-state index in [0.717, 1.165) is 0 Å². The maximum absolute atomic E-state index is 11.7. The zero-order valence-corrected chi connectivity index (χ0v) is 9.72. The Morgan fingerprint density at radius 1 is 1.65 bits per heavy atom. The second kappa shape index (κ2) is 6.82. The van der Waals surface area contributed by atoms with Crippen LogP contribution in [0.2, 0.25) is 0 Å². The molecule has 1 unspecified atom stereocenters. The first kappa shape index (κ1) is 13.4. The molecule has 17 heavy (non-hydrogen) atoms. The van der Waals surface area contributed by atoms with E-state index in [1.165, 1.54) is 12.3 Å². The number of aromatic nitrogens is 1. The normalized spacial score (nSPS) is 12.1. The molecule has 6 nitrogen and oxygen atoms in total. The first-order chi connectivity index (χ1) is 8.17. The van der Waals surface area contributed by atoms with Crippen LogP contribution in [0.1, 0.15) is 16.9 Å². The number of aliphatic hydroxyl groups is 1. The second-order valence-electron chi connectivity index (χ2n) is 3.61. The number of rotatable bonds is 6. The number of nitrogens with two attached hydrogens (primary N) is 1. The topological polar surface area (TPSA) is 97.5 Å². The average Bonchev–Trinajstić information content (AvgIpc) is 2.35. The third kappa shape index (κ3) is 4.38. The number of aliphatic hydroxyl groups excluding tert-OH is 1. The van der Waals surface area contributed by atoms with Crippen LogP contribution in [0.4, 0.5) is 5.69 Å². The lowest BCUT2D eigenvalue weighted by molar-refractivity contribution is 0.0890. The molecule has 1 aromatic rings. The van der Waals surface area contributed by atoms with Crippen LogP contribution in [-0.4, -0.2) is 42.4 Å². The Hall–Kier alpha value is -1.66. The standard InChI is InChI=1S/C11H17N3O3/c1-17-5-4-9(7-15)14-11(16)10-3-2-8(12)6-13-10/h2-3,6,9,15H,4-5,7,12H2,1H3,(H,14,16). The van der Waals surface area contributed by atoms with Gasteiger partial charge in [0.25, 0.3) is 5.91 Å². The van der Waals surface area contributed by atoms with Gasteiger partial charge in [-0.25, -0.2) is 4.98 Å². The van der Waals surface area contributed by atoms with Crippen molar-refractivity contribution in [3.05, 3.63) is 24.0 Å². The number of amides is 1. The molecule has 0 spiro atoms. The van der Waals surface area contributed by atoms with Crippen molar-refractivity contribution in [2.24, 2.45) is 0 Å². The van der Waals surface area contributed by atoms with Crippen molar-refractivity contribution >= 4 is 11.6 Å². The Labute approximate surface area is 99.8 Å². The van der Waals surface area contributed by atoms with Gasteiger partial charge in [0.2, 0.25) is 0 Å². The molecule has 0 bridgehead atoms. The van der Waals surface area contributed by atoms with Crippen molar-refractivity contribution in [2.45, 2.75) is 12.5 Å². The minimum atomic E-state index is -0.333. The lowest BCUT2D eigenvalue weighted by atomic mass is 10.2. The Morgan fingerprint density at radius 2 is 2.41 bits per heavy atom. The molecular formula is C11H17N3O3. The Morgan fingerprint density at radius 3 is 2.94 bits per heavy atom. The number of ether oxygens (including phenoxy) is 1. The number of hydrogen-bond acceptors (Lipinski definition) is 5. The highest BCUT2D eigenvalue weighted by Crippen LogP contribution is 2.02. The fraction of sp³-hybridized carbons (Fsp3) is 0.455. The highest BCUT2D eigenvalue weighted by molar-refractivity contribution is 5.92. The lowest BCUT2D eigenvalue weighted by Crippen LogP contribution is -2.38. The summed E-state index contributed by atoms with van der Waals surface area (Å²) in [6, 6.07) is 2.81. The van der Waals surface area contributed by atoms with E-state index in [1.807, 2.05) is 0 Å². The van der Waals surface area contributed by atoms with Crippen molar-refractivity contribution in [1.82, 2.24) is 10.3 Å². The minimum Gasteiger partial charge on any atom is -0.397 e. The molecule has 0 aliphatic rings. The molecule has 1 aromatic heterocycles. The smallest absolute Gasteiger partial charge is 0.270 e. The van der Waals surface area contributed by atoms with Crippen LogP contribution in [-0.2, 0) is 4.74 Å². The van der Waals surface area contributed by atoms with Crippen LogP contribution in [0.15, 0.2) is 18.3 Å². The van der Waals surface area contributed by atoms with Gasteiger partial charge in [0.1, 0.15) is 5.69 Å². The number of carbonyl (C=O) groups is 1. The molecule has 0 aliphatic heterocycles. The molecule has 0 aliphatic carbocycles. The summed E-state index contributed by atoms with van der Waals surface area (Å²) >= 11 is 0. The fourth-order valence-electron chi connectivity index (χ4n) is 1.27. The van der Waals surface area contributed by atoms with E-state index in [0.29, 0.717) is 18.7 Å². The monoisotopic (exact) mass is 239 g/mol. The Balaban J connectivity index is 2.54. The van der Waals surface area contributed by atoms with Gasteiger partial charge in [0, 0.05) is 13.7 Å². The number of hydrogen-bond donors (Lipinski definition) is 3. The van der Waals surface area contributed by atoms with Crippen LogP contribution >= 0.6 is 0 Å². The third-order valence-corrected chi connectivity index (χ3v) is 2.25. The molecule has 0 aromatic carbocycles. The van der Waals surface area contributed by atoms with Gasteiger partial charge >= 0.3 is 0 Å². The molecule has 4 N–H and O–H groups in total. The summed E-state index contributed by atoms with van der Waals surface area (Å²) in [6.07, 6.45) is 1.96. The van der Waals surface area contributed by atoms with Gasteiger partial charge in [0.05, 0.1) is 24.5 Å². The molecule has 0 fully saturated rings. The van der Waals surface area contributed by atoms with Gasteiger partial charge in [-0.15, -0.1) is 0 Å². The fourth-order valence-corrected chi connectivity index (χ4v) is 1.27. The summed E-state index contributed by atoms with van der Waals surface area (Å²) < 4.78 is 4.88. The summed E-state index contributed by atoms with van der Waals surface area (Å²) in [6.45, 7) is 0.338.